The number of benzene rings is 1. The summed E-state index contributed by atoms with van der Waals surface area (Å²) in [7, 11) is 0. The van der Waals surface area contributed by atoms with Gasteiger partial charge in [-0.05, 0) is 38.5 Å². The van der Waals surface area contributed by atoms with Crippen molar-refractivity contribution in [3.05, 3.63) is 52.1 Å². The van der Waals surface area contributed by atoms with Crippen LogP contribution in [0.4, 0.5) is 4.39 Å². The van der Waals surface area contributed by atoms with Gasteiger partial charge in [-0.3, -0.25) is 9.48 Å². The predicted octanol–water partition coefficient (Wildman–Crippen LogP) is 3.31. The van der Waals surface area contributed by atoms with Crippen LogP contribution in [-0.4, -0.2) is 33.7 Å². The lowest BCUT2D eigenvalue weighted by atomic mass is 10.1. The van der Waals surface area contributed by atoms with Gasteiger partial charge in [0.15, 0.2) is 0 Å². The molecule has 0 aliphatic carbocycles. The number of carbonyl (C=O) groups excluding carboxylic acids is 1. The minimum Gasteiger partial charge on any atom is -0.340 e. The smallest absolute Gasteiger partial charge is 0.227 e. The number of hydrogen-bond acceptors (Lipinski definition) is 2. The monoisotopic (exact) mass is 335 g/mol. The van der Waals surface area contributed by atoms with Gasteiger partial charge in [0.1, 0.15) is 5.82 Å². The quantitative estimate of drug-likeness (QED) is 0.863. The summed E-state index contributed by atoms with van der Waals surface area (Å²) in [6, 6.07) is 6.69. The maximum Gasteiger partial charge on any atom is 0.227 e. The number of likely N-dealkylation sites (tertiary alicyclic amines) is 1. The van der Waals surface area contributed by atoms with E-state index in [4.69, 9.17) is 11.6 Å². The van der Waals surface area contributed by atoms with Crippen molar-refractivity contribution in [2.45, 2.75) is 32.7 Å². The summed E-state index contributed by atoms with van der Waals surface area (Å²) in [6.07, 6.45) is 0.855. The Labute approximate surface area is 139 Å². The van der Waals surface area contributed by atoms with Crippen LogP contribution >= 0.6 is 11.6 Å². The fourth-order valence-corrected chi connectivity index (χ4v) is 3.38. The van der Waals surface area contributed by atoms with E-state index >= 15 is 0 Å². The van der Waals surface area contributed by atoms with E-state index in [2.05, 4.69) is 5.10 Å². The first-order valence-electron chi connectivity index (χ1n) is 7.69. The zero-order valence-corrected chi connectivity index (χ0v) is 14.0. The van der Waals surface area contributed by atoms with Crippen molar-refractivity contribution in [3.63, 3.8) is 0 Å². The van der Waals surface area contributed by atoms with Crippen LogP contribution in [-0.2, 0) is 11.2 Å². The Morgan fingerprint density at radius 1 is 1.43 bits per heavy atom. The van der Waals surface area contributed by atoms with Crippen LogP contribution in [0.2, 0.25) is 5.02 Å². The van der Waals surface area contributed by atoms with Gasteiger partial charge in [-0.25, -0.2) is 4.39 Å². The van der Waals surface area contributed by atoms with E-state index in [0.29, 0.717) is 18.1 Å². The number of aryl methyl sites for hydroxylation is 2. The first-order valence-corrected chi connectivity index (χ1v) is 8.07. The number of carbonyl (C=O) groups is 1. The third-order valence-corrected chi connectivity index (χ3v) is 4.65. The molecule has 0 bridgehead atoms. The highest BCUT2D eigenvalue weighted by Gasteiger charge is 2.29. The Bertz CT molecular complexity index is 723. The Kier molecular flexibility index (Phi) is 4.39. The number of rotatable bonds is 3. The second-order valence-electron chi connectivity index (χ2n) is 6.03. The predicted molar refractivity (Wildman–Crippen MR) is 87.0 cm³/mol. The minimum absolute atomic E-state index is 0.00462. The molecule has 1 aromatic carbocycles. The maximum absolute atomic E-state index is 13.8. The second kappa shape index (κ2) is 6.32. The lowest BCUT2D eigenvalue weighted by molar-refractivity contribution is -0.129. The molecule has 2 aromatic rings. The number of aromatic nitrogens is 2. The zero-order chi connectivity index (χ0) is 16.6. The lowest BCUT2D eigenvalue weighted by Gasteiger charge is -2.18. The highest BCUT2D eigenvalue weighted by molar-refractivity contribution is 6.31. The van der Waals surface area contributed by atoms with Gasteiger partial charge >= 0.3 is 0 Å². The third kappa shape index (κ3) is 3.24. The Hall–Kier alpha value is -1.88. The molecule has 1 saturated heterocycles. The molecule has 1 amide bonds. The number of halogens is 2. The van der Waals surface area contributed by atoms with Crippen molar-refractivity contribution in [1.29, 1.82) is 0 Å². The molecular formula is C17H19ClFN3O. The molecule has 0 spiro atoms. The Morgan fingerprint density at radius 2 is 2.22 bits per heavy atom. The van der Waals surface area contributed by atoms with Crippen molar-refractivity contribution in [1.82, 2.24) is 14.7 Å². The van der Waals surface area contributed by atoms with Crippen LogP contribution in [0, 0.1) is 19.7 Å². The van der Waals surface area contributed by atoms with Gasteiger partial charge in [0.2, 0.25) is 5.91 Å². The van der Waals surface area contributed by atoms with Crippen molar-refractivity contribution in [2.75, 3.05) is 13.1 Å². The molecule has 1 aromatic heterocycles. The summed E-state index contributed by atoms with van der Waals surface area (Å²) >= 11 is 6.00. The number of amides is 1. The first kappa shape index (κ1) is 16.0. The fourth-order valence-electron chi connectivity index (χ4n) is 3.15. The standard InChI is InChI=1S/C17H19ClFN3O/c1-11-8-12(2)22(20-11)13-6-7-21(10-13)17(23)9-14-15(18)4-3-5-16(14)19/h3-5,8,13H,6-7,9-10H2,1-2H3. The topological polar surface area (TPSA) is 38.1 Å². The highest BCUT2D eigenvalue weighted by atomic mass is 35.5. The molecule has 23 heavy (non-hydrogen) atoms. The van der Waals surface area contributed by atoms with E-state index in [1.165, 1.54) is 6.07 Å². The van der Waals surface area contributed by atoms with Crippen LogP contribution < -0.4 is 0 Å². The van der Waals surface area contributed by atoms with Crippen molar-refractivity contribution in [2.24, 2.45) is 0 Å². The Morgan fingerprint density at radius 3 is 2.87 bits per heavy atom. The molecule has 6 heteroatoms. The van der Waals surface area contributed by atoms with E-state index in [9.17, 15) is 9.18 Å². The molecule has 4 nitrogen and oxygen atoms in total. The molecule has 1 atom stereocenters. The molecule has 1 aliphatic heterocycles. The fraction of sp³-hybridized carbons (Fsp3) is 0.412. The van der Waals surface area contributed by atoms with Crippen molar-refractivity contribution >= 4 is 17.5 Å². The zero-order valence-electron chi connectivity index (χ0n) is 13.2. The van der Waals surface area contributed by atoms with Gasteiger partial charge in [-0.15, -0.1) is 0 Å². The number of nitrogens with zero attached hydrogens (tertiary/aromatic N) is 3. The van der Waals surface area contributed by atoms with Gasteiger partial charge in [0, 0.05) is 29.4 Å². The van der Waals surface area contributed by atoms with Gasteiger partial charge < -0.3 is 4.90 Å². The molecule has 2 heterocycles. The third-order valence-electron chi connectivity index (χ3n) is 4.30. The van der Waals surface area contributed by atoms with Gasteiger partial charge in [-0.2, -0.15) is 5.10 Å². The average molecular weight is 336 g/mol. The highest BCUT2D eigenvalue weighted by Crippen LogP contribution is 2.25. The van der Waals surface area contributed by atoms with E-state index in [-0.39, 0.29) is 23.9 Å². The molecule has 0 radical (unpaired) electrons. The van der Waals surface area contributed by atoms with E-state index in [1.807, 2.05) is 24.6 Å². The summed E-state index contributed by atoms with van der Waals surface area (Å²) < 4.78 is 15.8. The van der Waals surface area contributed by atoms with Crippen LogP contribution in [0.3, 0.4) is 0 Å². The molecule has 122 valence electrons. The molecule has 1 fully saturated rings. The molecule has 0 saturated carbocycles. The van der Waals surface area contributed by atoms with Crippen LogP contribution in [0.5, 0.6) is 0 Å². The van der Waals surface area contributed by atoms with Crippen molar-refractivity contribution in [3.8, 4) is 0 Å². The average Bonchev–Trinajstić information content (AvgIpc) is 3.09. The van der Waals surface area contributed by atoms with E-state index < -0.39 is 5.82 Å². The van der Waals surface area contributed by atoms with Gasteiger partial charge in [0.05, 0.1) is 18.2 Å². The van der Waals surface area contributed by atoms with Crippen LogP contribution in [0.25, 0.3) is 0 Å². The molecule has 3 rings (SSSR count). The Balaban J connectivity index is 1.69. The SMILES string of the molecule is Cc1cc(C)n(C2CCN(C(=O)Cc3c(F)cccc3Cl)C2)n1. The summed E-state index contributed by atoms with van der Waals surface area (Å²) in [5.74, 6) is -0.527. The second-order valence-corrected chi connectivity index (χ2v) is 6.44. The van der Waals surface area contributed by atoms with Crippen LogP contribution in [0.15, 0.2) is 24.3 Å². The molecule has 1 aliphatic rings. The lowest BCUT2D eigenvalue weighted by Crippen LogP contribution is -2.31. The summed E-state index contributed by atoms with van der Waals surface area (Å²) in [5, 5.41) is 4.79. The number of hydrogen-bond donors (Lipinski definition) is 0. The van der Waals surface area contributed by atoms with Crippen LogP contribution in [0.1, 0.15) is 29.4 Å². The maximum atomic E-state index is 13.8. The molecule has 1 unspecified atom stereocenters. The normalized spacial score (nSPS) is 17.7. The van der Waals surface area contributed by atoms with E-state index in [1.54, 1.807) is 17.0 Å². The van der Waals surface area contributed by atoms with Gasteiger partial charge in [-0.1, -0.05) is 17.7 Å². The van der Waals surface area contributed by atoms with E-state index in [0.717, 1.165) is 17.8 Å². The summed E-state index contributed by atoms with van der Waals surface area (Å²) in [6.45, 7) is 5.24. The first-order chi connectivity index (χ1) is 11.0. The molecule has 0 N–H and O–H groups in total. The minimum atomic E-state index is -0.430. The molecular weight excluding hydrogens is 317 g/mol. The van der Waals surface area contributed by atoms with Gasteiger partial charge in [0.25, 0.3) is 0 Å². The largest absolute Gasteiger partial charge is 0.340 e. The summed E-state index contributed by atoms with van der Waals surface area (Å²) in [4.78, 5) is 14.2. The van der Waals surface area contributed by atoms with Crippen molar-refractivity contribution < 1.29 is 9.18 Å². The summed E-state index contributed by atoms with van der Waals surface area (Å²) in [5.41, 5.74) is 2.35.